The molecule has 7 heteroatoms. The van der Waals surface area contributed by atoms with E-state index in [9.17, 15) is 4.79 Å². The molecule has 1 aromatic carbocycles. The molecule has 3 heterocycles. The van der Waals surface area contributed by atoms with Crippen molar-refractivity contribution in [3.8, 4) is 5.75 Å². The number of aryl methyl sites for hydroxylation is 1. The highest BCUT2D eigenvalue weighted by Gasteiger charge is 2.29. The number of hydrogen-bond donors (Lipinski definition) is 0. The molecule has 0 N–H and O–H groups in total. The fourth-order valence-electron chi connectivity index (χ4n) is 3.68. The quantitative estimate of drug-likeness (QED) is 0.662. The van der Waals surface area contributed by atoms with Gasteiger partial charge < -0.3 is 14.1 Å². The summed E-state index contributed by atoms with van der Waals surface area (Å²) in [5, 5.41) is 0. The van der Waals surface area contributed by atoms with Crippen LogP contribution in [0.25, 0.3) is 0 Å². The lowest BCUT2D eigenvalue weighted by molar-refractivity contribution is 0.0691. The number of amides is 1. The topological polar surface area (TPSA) is 81.4 Å². The summed E-state index contributed by atoms with van der Waals surface area (Å²) < 4.78 is 11.3. The minimum atomic E-state index is -0.0663. The number of hydrogen-bond acceptors (Lipinski definition) is 6. The lowest BCUT2D eigenvalue weighted by Crippen LogP contribution is -2.39. The Hall–Kier alpha value is -3.22. The number of nitrogens with zero attached hydrogens (tertiary/aromatic N) is 4. The second-order valence-corrected chi connectivity index (χ2v) is 7.27. The van der Waals surface area contributed by atoms with Crippen molar-refractivity contribution in [2.45, 2.75) is 32.1 Å². The van der Waals surface area contributed by atoms with Crippen molar-refractivity contribution in [3.63, 3.8) is 0 Å². The second-order valence-electron chi connectivity index (χ2n) is 7.27. The molecule has 1 amide bonds. The van der Waals surface area contributed by atoms with Gasteiger partial charge in [0.2, 0.25) is 0 Å². The second kappa shape index (κ2) is 8.43. The molecule has 1 fully saturated rings. The van der Waals surface area contributed by atoms with E-state index >= 15 is 0 Å². The van der Waals surface area contributed by atoms with E-state index in [1.54, 1.807) is 32.5 Å². The first-order valence-electron chi connectivity index (χ1n) is 9.79. The van der Waals surface area contributed by atoms with Gasteiger partial charge >= 0.3 is 0 Å². The molecule has 0 saturated carbocycles. The van der Waals surface area contributed by atoms with E-state index in [0.717, 1.165) is 36.5 Å². The molecule has 29 heavy (non-hydrogen) atoms. The number of ether oxygens (including phenoxy) is 1. The van der Waals surface area contributed by atoms with Gasteiger partial charge in [0, 0.05) is 25.7 Å². The molecule has 3 aromatic rings. The Labute approximate surface area is 169 Å². The fourth-order valence-corrected chi connectivity index (χ4v) is 3.68. The number of oxazole rings is 1. The monoisotopic (exact) mass is 392 g/mol. The van der Waals surface area contributed by atoms with Gasteiger partial charge in [0.25, 0.3) is 5.91 Å². The van der Waals surface area contributed by atoms with Crippen molar-refractivity contribution in [2.24, 2.45) is 0 Å². The van der Waals surface area contributed by atoms with Gasteiger partial charge in [-0.3, -0.25) is 4.79 Å². The molecule has 1 atom stereocenters. The number of carbonyl (C=O) groups excluding carboxylic acids is 1. The van der Waals surface area contributed by atoms with Gasteiger partial charge in [0.05, 0.1) is 19.2 Å². The number of likely N-dealkylation sites (tertiary alicyclic amines) is 1. The number of piperidine rings is 1. The van der Waals surface area contributed by atoms with Gasteiger partial charge in [-0.1, -0.05) is 12.1 Å². The summed E-state index contributed by atoms with van der Waals surface area (Å²) in [6.07, 6.45) is 5.92. The molecule has 0 spiro atoms. The number of benzene rings is 1. The zero-order valence-electron chi connectivity index (χ0n) is 16.7. The predicted molar refractivity (Wildman–Crippen MR) is 107 cm³/mol. The van der Waals surface area contributed by atoms with E-state index in [0.29, 0.717) is 30.4 Å². The van der Waals surface area contributed by atoms with Crippen molar-refractivity contribution in [1.29, 1.82) is 0 Å². The fraction of sp³-hybridized carbons (Fsp3) is 0.364. The summed E-state index contributed by atoms with van der Waals surface area (Å²) in [4.78, 5) is 27.5. The predicted octanol–water partition coefficient (Wildman–Crippen LogP) is 3.39. The van der Waals surface area contributed by atoms with Crippen LogP contribution in [0.2, 0.25) is 0 Å². The Morgan fingerprint density at radius 2 is 2.21 bits per heavy atom. The standard InChI is InChI=1S/C22H24N4O3/c1-15-23-9-8-20(25-15)22(27)26-10-4-6-17(14-26)21-24-13-19(29-21)12-16-5-3-7-18(11-16)28-2/h3,5,7-9,11,13,17H,4,6,10,12,14H2,1-2H3/t17-/m1/s1. The van der Waals surface area contributed by atoms with E-state index < -0.39 is 0 Å². The molecule has 1 aliphatic rings. The Balaban J connectivity index is 1.44. The van der Waals surface area contributed by atoms with Crippen LogP contribution in [-0.4, -0.2) is 46.0 Å². The SMILES string of the molecule is COc1cccc(Cc2cnc([C@@H]3CCCN(C(=O)c4ccnc(C)n4)C3)o2)c1. The molecule has 4 rings (SSSR count). The minimum Gasteiger partial charge on any atom is -0.497 e. The van der Waals surface area contributed by atoms with Crippen molar-refractivity contribution in [3.05, 3.63) is 71.5 Å². The van der Waals surface area contributed by atoms with Crippen molar-refractivity contribution in [2.75, 3.05) is 20.2 Å². The molecule has 150 valence electrons. The first-order valence-corrected chi connectivity index (χ1v) is 9.79. The highest BCUT2D eigenvalue weighted by Crippen LogP contribution is 2.28. The lowest BCUT2D eigenvalue weighted by Gasteiger charge is -2.31. The van der Waals surface area contributed by atoms with Gasteiger partial charge in [-0.25, -0.2) is 15.0 Å². The van der Waals surface area contributed by atoms with E-state index in [2.05, 4.69) is 15.0 Å². The third-order valence-electron chi connectivity index (χ3n) is 5.14. The number of rotatable bonds is 5. The van der Waals surface area contributed by atoms with Gasteiger partial charge in [-0.05, 0) is 43.5 Å². The van der Waals surface area contributed by atoms with Crippen LogP contribution in [-0.2, 0) is 6.42 Å². The molecule has 1 saturated heterocycles. The maximum atomic E-state index is 12.8. The first-order chi connectivity index (χ1) is 14.1. The Kier molecular flexibility index (Phi) is 5.55. The van der Waals surface area contributed by atoms with Crippen molar-refractivity contribution in [1.82, 2.24) is 19.9 Å². The molecule has 0 unspecified atom stereocenters. The van der Waals surface area contributed by atoms with E-state index in [4.69, 9.17) is 9.15 Å². The Morgan fingerprint density at radius 3 is 3.03 bits per heavy atom. The number of carbonyl (C=O) groups is 1. The zero-order valence-corrected chi connectivity index (χ0v) is 16.7. The molecule has 7 nitrogen and oxygen atoms in total. The van der Waals surface area contributed by atoms with Crippen LogP contribution >= 0.6 is 0 Å². The van der Waals surface area contributed by atoms with Crippen molar-refractivity contribution >= 4 is 5.91 Å². The largest absolute Gasteiger partial charge is 0.497 e. The van der Waals surface area contributed by atoms with Gasteiger partial charge in [-0.15, -0.1) is 0 Å². The lowest BCUT2D eigenvalue weighted by atomic mass is 9.97. The Morgan fingerprint density at radius 1 is 1.31 bits per heavy atom. The summed E-state index contributed by atoms with van der Waals surface area (Å²) >= 11 is 0. The average molecular weight is 392 g/mol. The molecule has 0 bridgehead atoms. The summed E-state index contributed by atoms with van der Waals surface area (Å²) in [7, 11) is 1.66. The molecular weight excluding hydrogens is 368 g/mol. The van der Waals surface area contributed by atoms with Crippen LogP contribution in [0.3, 0.4) is 0 Å². The summed E-state index contributed by atoms with van der Waals surface area (Å²) in [6.45, 7) is 3.09. The molecule has 0 aliphatic carbocycles. The zero-order chi connectivity index (χ0) is 20.2. The van der Waals surface area contributed by atoms with Crippen molar-refractivity contribution < 1.29 is 13.9 Å². The van der Waals surface area contributed by atoms with Crippen LogP contribution in [0.4, 0.5) is 0 Å². The summed E-state index contributed by atoms with van der Waals surface area (Å²) in [5.74, 6) is 2.95. The van der Waals surface area contributed by atoms with Gasteiger partial charge in [0.15, 0.2) is 5.89 Å². The van der Waals surface area contributed by atoms with Crippen LogP contribution in [0, 0.1) is 6.92 Å². The van der Waals surface area contributed by atoms with Crippen LogP contribution in [0.5, 0.6) is 5.75 Å². The molecule has 2 aromatic heterocycles. The number of methoxy groups -OCH3 is 1. The summed E-state index contributed by atoms with van der Waals surface area (Å²) in [6, 6.07) is 9.58. The van der Waals surface area contributed by atoms with E-state index in [1.807, 2.05) is 29.2 Å². The Bertz CT molecular complexity index is 1000. The normalized spacial score (nSPS) is 16.6. The highest BCUT2D eigenvalue weighted by atomic mass is 16.5. The minimum absolute atomic E-state index is 0.0663. The number of aromatic nitrogens is 3. The summed E-state index contributed by atoms with van der Waals surface area (Å²) in [5.41, 5.74) is 1.54. The van der Waals surface area contributed by atoms with E-state index in [1.165, 1.54) is 0 Å². The molecule has 1 aliphatic heterocycles. The van der Waals surface area contributed by atoms with Gasteiger partial charge in [0.1, 0.15) is 23.0 Å². The third-order valence-corrected chi connectivity index (χ3v) is 5.14. The average Bonchev–Trinajstić information content (AvgIpc) is 3.22. The van der Waals surface area contributed by atoms with Crippen LogP contribution < -0.4 is 4.74 Å². The maximum absolute atomic E-state index is 12.8. The highest BCUT2D eigenvalue weighted by molar-refractivity contribution is 5.92. The molecule has 0 radical (unpaired) electrons. The van der Waals surface area contributed by atoms with Gasteiger partial charge in [-0.2, -0.15) is 0 Å². The van der Waals surface area contributed by atoms with E-state index in [-0.39, 0.29) is 11.8 Å². The van der Waals surface area contributed by atoms with Crippen LogP contribution in [0.1, 0.15) is 52.3 Å². The smallest absolute Gasteiger partial charge is 0.272 e. The maximum Gasteiger partial charge on any atom is 0.272 e. The third kappa shape index (κ3) is 4.45. The molecular formula is C22H24N4O3. The first kappa shape index (κ1) is 19.1. The van der Waals surface area contributed by atoms with Crippen LogP contribution in [0.15, 0.2) is 47.1 Å².